The lowest BCUT2D eigenvalue weighted by atomic mass is 9.92. The van der Waals surface area contributed by atoms with E-state index in [2.05, 4.69) is 15.7 Å². The highest BCUT2D eigenvalue weighted by atomic mass is 19.1. The lowest BCUT2D eigenvalue weighted by Gasteiger charge is -2.14. The number of para-hydroxylation sites is 1. The van der Waals surface area contributed by atoms with Gasteiger partial charge in [0.1, 0.15) is 17.5 Å². The smallest absolute Gasteiger partial charge is 0.305 e. The monoisotopic (exact) mass is 370 g/mol. The first kappa shape index (κ1) is 18.6. The Morgan fingerprint density at radius 1 is 1.00 bits per heavy atom. The van der Waals surface area contributed by atoms with Crippen molar-refractivity contribution in [3.63, 3.8) is 0 Å². The van der Waals surface area contributed by atoms with Gasteiger partial charge in [0.15, 0.2) is 0 Å². The summed E-state index contributed by atoms with van der Waals surface area (Å²) in [6, 6.07) is 13.4. The summed E-state index contributed by atoms with van der Waals surface area (Å²) in [5, 5.41) is 9.65. The SMILES string of the molecule is CC(C)(C)c1cc(NC(=O)Nc2ccc(F)cc2F)n(-c2ccccc2)n1. The molecule has 2 N–H and O–H groups in total. The highest BCUT2D eigenvalue weighted by Gasteiger charge is 2.21. The van der Waals surface area contributed by atoms with Gasteiger partial charge in [0.05, 0.1) is 17.1 Å². The minimum Gasteiger partial charge on any atom is -0.305 e. The first-order valence-corrected chi connectivity index (χ1v) is 8.43. The Morgan fingerprint density at radius 2 is 1.70 bits per heavy atom. The van der Waals surface area contributed by atoms with Crippen molar-refractivity contribution in [2.45, 2.75) is 26.2 Å². The number of carbonyl (C=O) groups is 1. The van der Waals surface area contributed by atoms with Crippen LogP contribution in [0.25, 0.3) is 5.69 Å². The van der Waals surface area contributed by atoms with Gasteiger partial charge in [-0.05, 0) is 24.3 Å². The van der Waals surface area contributed by atoms with Crippen LogP contribution in [0.3, 0.4) is 0 Å². The molecule has 0 atom stereocenters. The zero-order chi connectivity index (χ0) is 19.6. The van der Waals surface area contributed by atoms with Crippen molar-refractivity contribution in [3.8, 4) is 5.69 Å². The van der Waals surface area contributed by atoms with Crippen LogP contribution in [-0.2, 0) is 5.41 Å². The van der Waals surface area contributed by atoms with Crippen LogP contribution in [0.2, 0.25) is 0 Å². The molecule has 2 aromatic carbocycles. The van der Waals surface area contributed by atoms with E-state index in [1.54, 1.807) is 10.7 Å². The first-order chi connectivity index (χ1) is 12.7. The molecular weight excluding hydrogens is 350 g/mol. The summed E-state index contributed by atoms with van der Waals surface area (Å²) < 4.78 is 28.4. The van der Waals surface area contributed by atoms with E-state index in [9.17, 15) is 13.6 Å². The minimum absolute atomic E-state index is 0.115. The highest BCUT2D eigenvalue weighted by molar-refractivity contribution is 5.99. The molecule has 0 fully saturated rings. The number of carbonyl (C=O) groups excluding carboxylic acids is 1. The maximum atomic E-state index is 13.8. The van der Waals surface area contributed by atoms with Crippen molar-refractivity contribution in [3.05, 3.63) is 71.9 Å². The lowest BCUT2D eigenvalue weighted by molar-refractivity contribution is 0.262. The topological polar surface area (TPSA) is 59.0 Å². The maximum Gasteiger partial charge on any atom is 0.324 e. The van der Waals surface area contributed by atoms with Gasteiger partial charge in [0, 0.05) is 17.5 Å². The third kappa shape index (κ3) is 4.31. The number of rotatable bonds is 3. The molecule has 0 unspecified atom stereocenters. The predicted molar refractivity (Wildman–Crippen MR) is 101 cm³/mol. The normalized spacial score (nSPS) is 11.3. The van der Waals surface area contributed by atoms with Gasteiger partial charge in [-0.3, -0.25) is 5.32 Å². The number of aromatic nitrogens is 2. The Hall–Kier alpha value is -3.22. The standard InChI is InChI=1S/C20H20F2N4O/c1-20(2,3)17-12-18(26(25-17)14-7-5-4-6-8-14)24-19(27)23-16-10-9-13(21)11-15(16)22/h4-12H,1-3H3,(H2,23,24,27). The molecule has 140 valence electrons. The first-order valence-electron chi connectivity index (χ1n) is 8.43. The summed E-state index contributed by atoms with van der Waals surface area (Å²) in [5.74, 6) is -1.13. The zero-order valence-electron chi connectivity index (χ0n) is 15.3. The Bertz CT molecular complexity index is 962. The fraction of sp³-hybridized carbons (Fsp3) is 0.200. The third-order valence-corrected chi connectivity index (χ3v) is 3.90. The molecule has 7 heteroatoms. The third-order valence-electron chi connectivity index (χ3n) is 3.90. The highest BCUT2D eigenvalue weighted by Crippen LogP contribution is 2.26. The molecule has 1 heterocycles. The van der Waals surface area contributed by atoms with Gasteiger partial charge in [-0.15, -0.1) is 0 Å². The van der Waals surface area contributed by atoms with Crippen molar-refractivity contribution in [2.75, 3.05) is 10.6 Å². The molecule has 0 aliphatic heterocycles. The summed E-state index contributed by atoms with van der Waals surface area (Å²) in [6.07, 6.45) is 0. The molecule has 0 radical (unpaired) electrons. The van der Waals surface area contributed by atoms with Crippen LogP contribution in [0.1, 0.15) is 26.5 Å². The van der Waals surface area contributed by atoms with Crippen LogP contribution in [0.4, 0.5) is 25.1 Å². The van der Waals surface area contributed by atoms with Gasteiger partial charge in [-0.2, -0.15) is 5.10 Å². The molecule has 0 aliphatic carbocycles. The fourth-order valence-corrected chi connectivity index (χ4v) is 2.46. The zero-order valence-corrected chi connectivity index (χ0v) is 15.3. The van der Waals surface area contributed by atoms with E-state index in [1.165, 1.54) is 6.07 Å². The van der Waals surface area contributed by atoms with Crippen molar-refractivity contribution < 1.29 is 13.6 Å². The van der Waals surface area contributed by atoms with Crippen LogP contribution < -0.4 is 10.6 Å². The summed E-state index contributed by atoms with van der Waals surface area (Å²) in [4.78, 5) is 12.3. The number of anilines is 2. The molecule has 0 saturated carbocycles. The second kappa shape index (κ2) is 7.19. The van der Waals surface area contributed by atoms with Crippen molar-refractivity contribution in [2.24, 2.45) is 0 Å². The van der Waals surface area contributed by atoms with Crippen molar-refractivity contribution >= 4 is 17.5 Å². The summed E-state index contributed by atoms with van der Waals surface area (Å²) in [7, 11) is 0. The molecular formula is C20H20F2N4O. The summed E-state index contributed by atoms with van der Waals surface area (Å²) in [6.45, 7) is 6.05. The van der Waals surface area contributed by atoms with E-state index in [-0.39, 0.29) is 11.1 Å². The van der Waals surface area contributed by atoms with E-state index in [0.717, 1.165) is 17.4 Å². The van der Waals surface area contributed by atoms with Crippen LogP contribution in [-0.4, -0.2) is 15.8 Å². The Labute approximate surface area is 156 Å². The quantitative estimate of drug-likeness (QED) is 0.674. The van der Waals surface area contributed by atoms with E-state index in [1.807, 2.05) is 51.1 Å². The average molecular weight is 370 g/mol. The number of nitrogens with one attached hydrogen (secondary N) is 2. The molecule has 1 aromatic heterocycles. The van der Waals surface area contributed by atoms with Gasteiger partial charge in [0.2, 0.25) is 0 Å². The summed E-state index contributed by atoms with van der Waals surface area (Å²) in [5.41, 5.74) is 1.22. The molecule has 0 saturated heterocycles. The number of urea groups is 1. The van der Waals surface area contributed by atoms with Crippen molar-refractivity contribution in [1.29, 1.82) is 0 Å². The molecule has 2 amide bonds. The van der Waals surface area contributed by atoms with Crippen LogP contribution in [0.15, 0.2) is 54.6 Å². The number of amides is 2. The van der Waals surface area contributed by atoms with Gasteiger partial charge >= 0.3 is 6.03 Å². The number of benzene rings is 2. The number of hydrogen-bond acceptors (Lipinski definition) is 2. The second-order valence-corrected chi connectivity index (χ2v) is 7.12. The molecule has 0 spiro atoms. The Balaban J connectivity index is 1.89. The van der Waals surface area contributed by atoms with Gasteiger partial charge in [0.25, 0.3) is 0 Å². The second-order valence-electron chi connectivity index (χ2n) is 7.12. The van der Waals surface area contributed by atoms with E-state index >= 15 is 0 Å². The van der Waals surface area contributed by atoms with Crippen LogP contribution in [0, 0.1) is 11.6 Å². The molecule has 5 nitrogen and oxygen atoms in total. The Morgan fingerprint density at radius 3 is 2.33 bits per heavy atom. The maximum absolute atomic E-state index is 13.8. The lowest BCUT2D eigenvalue weighted by Crippen LogP contribution is -2.22. The average Bonchev–Trinajstić information content (AvgIpc) is 3.02. The fourth-order valence-electron chi connectivity index (χ4n) is 2.46. The van der Waals surface area contributed by atoms with Crippen molar-refractivity contribution in [1.82, 2.24) is 9.78 Å². The molecule has 3 aromatic rings. The number of hydrogen-bond donors (Lipinski definition) is 2. The molecule has 3 rings (SSSR count). The molecule has 0 aliphatic rings. The predicted octanol–water partition coefficient (Wildman–Crippen LogP) is 5.09. The number of nitrogens with zero attached hydrogens (tertiary/aromatic N) is 2. The van der Waals surface area contributed by atoms with Crippen LogP contribution in [0.5, 0.6) is 0 Å². The largest absolute Gasteiger partial charge is 0.324 e. The van der Waals surface area contributed by atoms with Gasteiger partial charge in [-0.1, -0.05) is 39.0 Å². The summed E-state index contributed by atoms with van der Waals surface area (Å²) >= 11 is 0. The number of halogens is 2. The van der Waals surface area contributed by atoms with Crippen LogP contribution >= 0.6 is 0 Å². The van der Waals surface area contributed by atoms with E-state index < -0.39 is 17.7 Å². The van der Waals surface area contributed by atoms with Gasteiger partial charge in [-0.25, -0.2) is 18.3 Å². The minimum atomic E-state index is -0.850. The van der Waals surface area contributed by atoms with E-state index in [4.69, 9.17) is 0 Å². The van der Waals surface area contributed by atoms with E-state index in [0.29, 0.717) is 11.9 Å². The Kier molecular flexibility index (Phi) is 4.94. The molecule has 27 heavy (non-hydrogen) atoms. The van der Waals surface area contributed by atoms with Gasteiger partial charge < -0.3 is 5.32 Å². The molecule has 0 bridgehead atoms.